The van der Waals surface area contributed by atoms with E-state index in [9.17, 15) is 19.2 Å². The Morgan fingerprint density at radius 1 is 0.851 bits per heavy atom. The molecule has 1 aromatic heterocycles. The molecule has 15 nitrogen and oxygen atoms in total. The molecule has 0 bridgehead atoms. The van der Waals surface area contributed by atoms with Crippen LogP contribution < -0.4 is 30.7 Å². The summed E-state index contributed by atoms with van der Waals surface area (Å²) in [4.78, 5) is 72.3. The van der Waals surface area contributed by atoms with E-state index in [1.165, 1.54) is 12.1 Å². The van der Waals surface area contributed by atoms with Crippen LogP contribution in [-0.2, 0) is 27.5 Å². The highest BCUT2D eigenvalue weighted by Crippen LogP contribution is 2.43. The molecule has 17 heteroatoms. The number of fused-ring (bicyclic) bond motifs is 2. The molecule has 6 aliphatic heterocycles. The molecule has 3 N–H and O–H groups in total. The largest absolute Gasteiger partial charge is 0.371 e. The van der Waals surface area contributed by atoms with Crippen LogP contribution in [0, 0.1) is 28.9 Å². The number of halogens is 2. The van der Waals surface area contributed by atoms with Crippen LogP contribution in [0.4, 0.5) is 31.8 Å². The molecule has 5 saturated heterocycles. The predicted octanol–water partition coefficient (Wildman–Crippen LogP) is 4.76. The number of imide groups is 1. The average molecular weight is 922 g/mol. The maximum atomic E-state index is 15.7. The lowest BCUT2D eigenvalue weighted by atomic mass is 9.82. The molecule has 7 aliphatic rings. The molecule has 10 rings (SSSR count). The minimum absolute atomic E-state index is 0.0143. The van der Waals surface area contributed by atoms with E-state index in [0.29, 0.717) is 81.0 Å². The second kappa shape index (κ2) is 18.2. The van der Waals surface area contributed by atoms with Gasteiger partial charge in [0.15, 0.2) is 0 Å². The van der Waals surface area contributed by atoms with Crippen LogP contribution in [0.2, 0.25) is 0 Å². The Balaban J connectivity index is 0.662. The van der Waals surface area contributed by atoms with Gasteiger partial charge in [-0.2, -0.15) is 0 Å². The van der Waals surface area contributed by atoms with Crippen LogP contribution in [-0.4, -0.2) is 138 Å². The fraction of sp³-hybridized carbons (Fsp3) is 0.600. The molecular weight excluding hydrogens is 857 g/mol. The smallest absolute Gasteiger partial charge is 0.255 e. The molecule has 3 aromatic rings. The highest BCUT2D eigenvalue weighted by molar-refractivity contribution is 6.05. The zero-order valence-corrected chi connectivity index (χ0v) is 39.2. The summed E-state index contributed by atoms with van der Waals surface area (Å²) in [5.74, 6) is 0.907. The zero-order valence-electron chi connectivity index (χ0n) is 39.2. The first kappa shape index (κ1) is 45.4. The van der Waals surface area contributed by atoms with Crippen molar-refractivity contribution in [3.05, 3.63) is 71.1 Å². The third-order valence-corrected chi connectivity index (χ3v) is 16.2. The van der Waals surface area contributed by atoms with Gasteiger partial charge in [-0.25, -0.2) is 18.7 Å². The second-order valence-electron chi connectivity index (χ2n) is 21.3. The minimum atomic E-state index is -0.607. The summed E-state index contributed by atoms with van der Waals surface area (Å²) in [5.41, 5.74) is 2.94. The highest BCUT2D eigenvalue weighted by atomic mass is 19.1. The first-order chi connectivity index (χ1) is 32.2. The van der Waals surface area contributed by atoms with Gasteiger partial charge < -0.3 is 35.1 Å². The van der Waals surface area contributed by atoms with Crippen LogP contribution in [0.3, 0.4) is 0 Å². The Bertz CT molecular complexity index is 2390. The average Bonchev–Trinajstić information content (AvgIpc) is 3.99. The molecule has 1 aliphatic carbocycles. The Kier molecular flexibility index (Phi) is 12.4. The van der Waals surface area contributed by atoms with Crippen molar-refractivity contribution in [3.63, 3.8) is 0 Å². The summed E-state index contributed by atoms with van der Waals surface area (Å²) in [6.07, 6.45) is 8.82. The summed E-state index contributed by atoms with van der Waals surface area (Å²) in [6.45, 7) is 12.4. The molecule has 0 radical (unpaired) electrons. The number of benzene rings is 2. The van der Waals surface area contributed by atoms with E-state index < -0.39 is 23.2 Å². The number of piperazine rings is 1. The zero-order chi connectivity index (χ0) is 46.6. The number of nitrogens with zero attached hydrogens (tertiary/aromatic N) is 8. The molecular formula is C50H65F2N11O4. The number of rotatable bonds is 12. The van der Waals surface area contributed by atoms with Crippen molar-refractivity contribution < 1.29 is 28.0 Å². The molecule has 358 valence electrons. The third kappa shape index (κ3) is 9.54. The van der Waals surface area contributed by atoms with Crippen molar-refractivity contribution in [1.82, 2.24) is 35.3 Å². The molecule has 67 heavy (non-hydrogen) atoms. The first-order valence-electron chi connectivity index (χ1n) is 24.5. The highest BCUT2D eigenvalue weighted by Gasteiger charge is 2.45. The maximum absolute atomic E-state index is 15.7. The van der Waals surface area contributed by atoms with Crippen LogP contribution in [0.1, 0.15) is 93.1 Å². The van der Waals surface area contributed by atoms with E-state index in [1.54, 1.807) is 16.1 Å². The van der Waals surface area contributed by atoms with Crippen LogP contribution in [0.25, 0.3) is 0 Å². The van der Waals surface area contributed by atoms with E-state index in [1.807, 2.05) is 18.2 Å². The van der Waals surface area contributed by atoms with Gasteiger partial charge in [-0.3, -0.25) is 29.4 Å². The van der Waals surface area contributed by atoms with Gasteiger partial charge in [0, 0.05) is 93.8 Å². The van der Waals surface area contributed by atoms with Gasteiger partial charge in [0.2, 0.25) is 17.7 Å². The van der Waals surface area contributed by atoms with Crippen molar-refractivity contribution in [3.8, 4) is 0 Å². The van der Waals surface area contributed by atoms with Gasteiger partial charge in [0.25, 0.3) is 5.91 Å². The second-order valence-corrected chi connectivity index (χ2v) is 21.3. The summed E-state index contributed by atoms with van der Waals surface area (Å²) in [7, 11) is 2.23. The van der Waals surface area contributed by atoms with E-state index in [4.69, 9.17) is 0 Å². The molecule has 1 saturated carbocycles. The maximum Gasteiger partial charge on any atom is 0.255 e. The number of aromatic nitrogens is 2. The Morgan fingerprint density at radius 2 is 1.61 bits per heavy atom. The minimum Gasteiger partial charge on any atom is -0.371 e. The quantitative estimate of drug-likeness (QED) is 0.170. The number of nitrogens with one attached hydrogen (secondary N) is 3. The lowest BCUT2D eigenvalue weighted by Crippen LogP contribution is -2.66. The summed E-state index contributed by atoms with van der Waals surface area (Å²) in [6, 6.07) is 10.6. The topological polar surface area (TPSA) is 150 Å². The Morgan fingerprint density at radius 3 is 2.36 bits per heavy atom. The molecule has 6 fully saturated rings. The fourth-order valence-electron chi connectivity index (χ4n) is 12.0. The van der Waals surface area contributed by atoms with Gasteiger partial charge in [-0.15, -0.1) is 0 Å². The number of carbonyl (C=O) groups is 4. The van der Waals surface area contributed by atoms with Gasteiger partial charge in [0.1, 0.15) is 35.6 Å². The summed E-state index contributed by atoms with van der Waals surface area (Å²) >= 11 is 0. The number of hydrogen-bond acceptors (Lipinski definition) is 12. The molecule has 1 spiro atoms. The van der Waals surface area contributed by atoms with Crippen LogP contribution in [0.5, 0.6) is 0 Å². The van der Waals surface area contributed by atoms with Gasteiger partial charge in [-0.05, 0) is 125 Å². The van der Waals surface area contributed by atoms with Gasteiger partial charge in [0.05, 0.1) is 17.8 Å². The van der Waals surface area contributed by atoms with Crippen molar-refractivity contribution in [1.29, 1.82) is 0 Å². The SMILES string of the molecule is CN(CCCNc1cc(N2CCC3(CC2)CN(c2cc(F)c(CN4CCC(C)(C)CC4)cc2F)CC(=O)N3)ncn1)C1C[C@@H]2CN(c3ccc4c(c3)CN(C3CCC(=O)NC3=O)C4=O)C[C@@H]2C1. The predicted molar refractivity (Wildman–Crippen MR) is 252 cm³/mol. The van der Waals surface area contributed by atoms with E-state index >= 15 is 8.78 Å². The standard InChI is InChI=1S/C50H65F2N11O4/c1-49(2)9-15-59(16-10-49)25-35-22-40(52)42(23-39(35)51)62-29-46(65)57-50(30-62)11-17-60(18-12-50)44-24-43(54-31-55-44)53-13-4-14-58(3)37-19-32-26-61(27-33(32)20-37)36-5-6-38-34(21-36)28-63(48(38)67)41-7-8-45(64)56-47(41)66/h5-6,21-24,31-33,37,41H,4,7-20,25-30H2,1-3H3,(H,57,65)(H,53,54,55)(H,56,64,66)/t32-,33+,37?,41?. The number of likely N-dealkylation sites (tertiary alicyclic amines) is 1. The van der Waals surface area contributed by atoms with Crippen molar-refractivity contribution >= 4 is 46.6 Å². The van der Waals surface area contributed by atoms with Crippen LogP contribution >= 0.6 is 0 Å². The van der Waals surface area contributed by atoms with Crippen molar-refractivity contribution in [2.75, 3.05) is 92.5 Å². The van der Waals surface area contributed by atoms with Crippen LogP contribution in [0.15, 0.2) is 42.7 Å². The summed E-state index contributed by atoms with van der Waals surface area (Å²) in [5, 5.41) is 9.10. The normalized spacial score (nSPS) is 26.1. The lowest BCUT2D eigenvalue weighted by molar-refractivity contribution is -0.137. The van der Waals surface area contributed by atoms with E-state index in [-0.39, 0.29) is 47.7 Å². The number of piperidine rings is 3. The summed E-state index contributed by atoms with van der Waals surface area (Å²) < 4.78 is 31.2. The van der Waals surface area contributed by atoms with Gasteiger partial charge in [-0.1, -0.05) is 13.8 Å². The third-order valence-electron chi connectivity index (χ3n) is 16.2. The van der Waals surface area contributed by atoms with Crippen molar-refractivity contribution in [2.24, 2.45) is 17.3 Å². The molecule has 7 heterocycles. The first-order valence-corrected chi connectivity index (χ1v) is 24.5. The van der Waals surface area contributed by atoms with Crippen molar-refractivity contribution in [2.45, 2.75) is 102 Å². The number of amides is 4. The molecule has 2 unspecified atom stereocenters. The van der Waals surface area contributed by atoms with E-state index in [2.05, 4.69) is 72.5 Å². The monoisotopic (exact) mass is 922 g/mol. The lowest BCUT2D eigenvalue weighted by Gasteiger charge is -2.48. The van der Waals surface area contributed by atoms with Gasteiger partial charge >= 0.3 is 0 Å². The number of carbonyl (C=O) groups excluding carboxylic acids is 4. The molecule has 2 aromatic carbocycles. The Hall–Kier alpha value is -5.42. The molecule has 4 atom stereocenters. The molecule has 4 amide bonds. The fourth-order valence-corrected chi connectivity index (χ4v) is 12.0. The number of anilines is 4. The number of hydrogen-bond donors (Lipinski definition) is 3. The van der Waals surface area contributed by atoms with E-state index in [0.717, 1.165) is 94.3 Å². The Labute approximate surface area is 392 Å².